The van der Waals surface area contributed by atoms with Crippen LogP contribution in [0.5, 0.6) is 0 Å². The molecule has 0 aromatic heterocycles. The topological polar surface area (TPSA) is 17.1 Å². The zero-order valence-corrected chi connectivity index (χ0v) is 14.2. The number of ketones is 1. The molecule has 3 fully saturated rings. The second kappa shape index (κ2) is 5.25. The number of carbonyl (C=O) groups excluding carboxylic acids is 1. The highest BCUT2D eigenvalue weighted by atomic mass is 16.1. The SMILES string of the molecule is C=C1CCC2C3CCC[C@]3(C)CC[C@H]2[C@]1(C)CCC(C)=O. The maximum absolute atomic E-state index is 11.5. The van der Waals surface area contributed by atoms with Gasteiger partial charge in [0.2, 0.25) is 0 Å². The molecular weight excluding hydrogens is 256 g/mol. The highest BCUT2D eigenvalue weighted by molar-refractivity contribution is 5.75. The fraction of sp³-hybridized carbons (Fsp3) is 0.850. The first-order chi connectivity index (χ1) is 9.87. The van der Waals surface area contributed by atoms with Crippen LogP contribution < -0.4 is 0 Å². The third kappa shape index (κ3) is 2.41. The number of fused-ring (bicyclic) bond motifs is 3. The van der Waals surface area contributed by atoms with Crippen molar-refractivity contribution in [3.8, 4) is 0 Å². The summed E-state index contributed by atoms with van der Waals surface area (Å²) in [7, 11) is 0. The van der Waals surface area contributed by atoms with Gasteiger partial charge in [0.15, 0.2) is 0 Å². The summed E-state index contributed by atoms with van der Waals surface area (Å²) >= 11 is 0. The first-order valence-corrected chi connectivity index (χ1v) is 9.04. The molecule has 0 radical (unpaired) electrons. The van der Waals surface area contributed by atoms with Crippen LogP contribution in [0.15, 0.2) is 12.2 Å². The standard InChI is InChI=1S/C20H32O/c1-14-7-8-16-17-6-5-11-19(17,3)12-10-18(16)20(14,4)13-9-15(2)21/h16-18H,1,5-13H2,2-4H3/t16?,17?,18-,19-,20-/m1/s1. The molecule has 0 aromatic rings. The van der Waals surface area contributed by atoms with E-state index in [1.807, 2.05) is 0 Å². The minimum Gasteiger partial charge on any atom is -0.300 e. The van der Waals surface area contributed by atoms with E-state index in [4.69, 9.17) is 0 Å². The van der Waals surface area contributed by atoms with Gasteiger partial charge in [-0.05, 0) is 80.5 Å². The lowest BCUT2D eigenvalue weighted by Gasteiger charge is -2.56. The van der Waals surface area contributed by atoms with Gasteiger partial charge in [0.05, 0.1) is 0 Å². The molecule has 3 aliphatic rings. The molecule has 0 aliphatic heterocycles. The lowest BCUT2D eigenvalue weighted by atomic mass is 9.48. The van der Waals surface area contributed by atoms with E-state index in [1.54, 1.807) is 6.92 Å². The number of carbonyl (C=O) groups is 1. The van der Waals surface area contributed by atoms with Gasteiger partial charge < -0.3 is 4.79 Å². The molecule has 3 aliphatic carbocycles. The number of Topliss-reactive ketones (excluding diaryl/α,β-unsaturated/α-hetero) is 1. The Morgan fingerprint density at radius 1 is 1.19 bits per heavy atom. The van der Waals surface area contributed by atoms with Gasteiger partial charge in [0, 0.05) is 6.42 Å². The van der Waals surface area contributed by atoms with Crippen LogP contribution in [-0.4, -0.2) is 5.78 Å². The van der Waals surface area contributed by atoms with Gasteiger partial charge in [-0.15, -0.1) is 0 Å². The lowest BCUT2D eigenvalue weighted by Crippen LogP contribution is -2.48. The van der Waals surface area contributed by atoms with E-state index in [0.717, 1.165) is 30.6 Å². The lowest BCUT2D eigenvalue weighted by molar-refractivity contribution is -0.118. The van der Waals surface area contributed by atoms with Gasteiger partial charge in [0.25, 0.3) is 0 Å². The Kier molecular flexibility index (Phi) is 3.83. The summed E-state index contributed by atoms with van der Waals surface area (Å²) in [6.07, 6.45) is 11.4. The van der Waals surface area contributed by atoms with E-state index < -0.39 is 0 Å². The molecule has 3 saturated carbocycles. The summed E-state index contributed by atoms with van der Waals surface area (Å²) in [5, 5.41) is 0. The Labute approximate surface area is 130 Å². The van der Waals surface area contributed by atoms with E-state index >= 15 is 0 Å². The second-order valence-corrected chi connectivity index (χ2v) is 8.72. The molecular formula is C20H32O. The molecule has 5 atom stereocenters. The zero-order chi connectivity index (χ0) is 15.3. The normalized spacial score (nSPS) is 46.0. The van der Waals surface area contributed by atoms with Crippen LogP contribution in [0.2, 0.25) is 0 Å². The Morgan fingerprint density at radius 3 is 2.67 bits per heavy atom. The Bertz CT molecular complexity index is 451. The number of allylic oxidation sites excluding steroid dienone is 1. The molecule has 0 aromatic carbocycles. The number of hydrogen-bond acceptors (Lipinski definition) is 1. The van der Waals surface area contributed by atoms with Gasteiger partial charge in [-0.25, -0.2) is 0 Å². The Morgan fingerprint density at radius 2 is 1.95 bits per heavy atom. The highest BCUT2D eigenvalue weighted by Crippen LogP contribution is 2.64. The summed E-state index contributed by atoms with van der Waals surface area (Å²) in [6.45, 7) is 11.1. The monoisotopic (exact) mass is 288 g/mol. The summed E-state index contributed by atoms with van der Waals surface area (Å²) in [6, 6.07) is 0. The fourth-order valence-electron chi connectivity index (χ4n) is 6.16. The van der Waals surface area contributed by atoms with E-state index in [1.165, 1.54) is 50.5 Å². The van der Waals surface area contributed by atoms with Crippen molar-refractivity contribution in [3.63, 3.8) is 0 Å². The van der Waals surface area contributed by atoms with Gasteiger partial charge >= 0.3 is 0 Å². The summed E-state index contributed by atoms with van der Waals surface area (Å²) < 4.78 is 0. The molecule has 0 heterocycles. The summed E-state index contributed by atoms with van der Waals surface area (Å²) in [5.74, 6) is 2.97. The molecule has 2 unspecified atom stereocenters. The molecule has 3 rings (SSSR count). The molecule has 0 amide bonds. The van der Waals surface area contributed by atoms with Crippen molar-refractivity contribution in [2.24, 2.45) is 28.6 Å². The summed E-state index contributed by atoms with van der Waals surface area (Å²) in [4.78, 5) is 11.5. The zero-order valence-electron chi connectivity index (χ0n) is 14.2. The van der Waals surface area contributed by atoms with Crippen molar-refractivity contribution < 1.29 is 4.79 Å². The molecule has 0 saturated heterocycles. The van der Waals surface area contributed by atoms with Gasteiger partial charge in [-0.3, -0.25) is 0 Å². The van der Waals surface area contributed by atoms with E-state index in [9.17, 15) is 4.79 Å². The van der Waals surface area contributed by atoms with E-state index in [0.29, 0.717) is 11.2 Å². The minimum absolute atomic E-state index is 0.221. The van der Waals surface area contributed by atoms with Gasteiger partial charge in [-0.1, -0.05) is 32.4 Å². The first-order valence-electron chi connectivity index (χ1n) is 9.04. The molecule has 0 N–H and O–H groups in total. The van der Waals surface area contributed by atoms with Crippen LogP contribution in [0, 0.1) is 28.6 Å². The predicted molar refractivity (Wildman–Crippen MR) is 88.1 cm³/mol. The van der Waals surface area contributed by atoms with Crippen molar-refractivity contribution in [2.75, 3.05) is 0 Å². The molecule has 1 nitrogen and oxygen atoms in total. The number of rotatable bonds is 3. The molecule has 1 heteroatoms. The molecule has 118 valence electrons. The van der Waals surface area contributed by atoms with E-state index in [2.05, 4.69) is 20.4 Å². The van der Waals surface area contributed by atoms with Crippen LogP contribution >= 0.6 is 0 Å². The summed E-state index contributed by atoms with van der Waals surface area (Å²) in [5.41, 5.74) is 2.28. The van der Waals surface area contributed by atoms with Crippen molar-refractivity contribution in [1.82, 2.24) is 0 Å². The third-order valence-corrected chi connectivity index (χ3v) is 7.62. The van der Waals surface area contributed by atoms with Crippen LogP contribution in [0.3, 0.4) is 0 Å². The Balaban J connectivity index is 1.85. The van der Waals surface area contributed by atoms with Crippen molar-refractivity contribution in [1.29, 1.82) is 0 Å². The van der Waals surface area contributed by atoms with Crippen LogP contribution in [-0.2, 0) is 4.79 Å². The molecule has 0 spiro atoms. The van der Waals surface area contributed by atoms with Crippen molar-refractivity contribution in [2.45, 2.75) is 78.6 Å². The first kappa shape index (κ1) is 15.3. The quantitative estimate of drug-likeness (QED) is 0.623. The average molecular weight is 288 g/mol. The highest BCUT2D eigenvalue weighted by Gasteiger charge is 2.55. The largest absolute Gasteiger partial charge is 0.300 e. The maximum Gasteiger partial charge on any atom is 0.129 e. The molecule has 21 heavy (non-hydrogen) atoms. The minimum atomic E-state index is 0.221. The van der Waals surface area contributed by atoms with E-state index in [-0.39, 0.29) is 5.41 Å². The fourth-order valence-corrected chi connectivity index (χ4v) is 6.16. The third-order valence-electron chi connectivity index (χ3n) is 7.62. The van der Waals surface area contributed by atoms with Crippen LogP contribution in [0.4, 0.5) is 0 Å². The second-order valence-electron chi connectivity index (χ2n) is 8.72. The van der Waals surface area contributed by atoms with Gasteiger partial charge in [-0.2, -0.15) is 0 Å². The molecule has 0 bridgehead atoms. The Hall–Kier alpha value is -0.590. The van der Waals surface area contributed by atoms with Gasteiger partial charge in [0.1, 0.15) is 5.78 Å². The van der Waals surface area contributed by atoms with Crippen molar-refractivity contribution >= 4 is 5.78 Å². The van der Waals surface area contributed by atoms with Crippen LogP contribution in [0.1, 0.15) is 78.6 Å². The maximum atomic E-state index is 11.5. The average Bonchev–Trinajstić information content (AvgIpc) is 2.82. The smallest absolute Gasteiger partial charge is 0.129 e. The number of hydrogen-bond donors (Lipinski definition) is 0. The predicted octanol–water partition coefficient (Wildman–Crippen LogP) is 5.54. The van der Waals surface area contributed by atoms with Crippen LogP contribution in [0.25, 0.3) is 0 Å². The van der Waals surface area contributed by atoms with Crippen molar-refractivity contribution in [3.05, 3.63) is 12.2 Å².